The Morgan fingerprint density at radius 3 is 2.38 bits per heavy atom. The van der Waals surface area contributed by atoms with Gasteiger partial charge in [0.15, 0.2) is 5.82 Å². The summed E-state index contributed by atoms with van der Waals surface area (Å²) < 4.78 is 0. The van der Waals surface area contributed by atoms with E-state index in [0.29, 0.717) is 17.5 Å². The van der Waals surface area contributed by atoms with Gasteiger partial charge in [0, 0.05) is 24.0 Å². The summed E-state index contributed by atoms with van der Waals surface area (Å²) in [6.07, 6.45) is 1.57. The van der Waals surface area contributed by atoms with E-state index >= 15 is 0 Å². The Kier molecular flexibility index (Phi) is 5.07. The van der Waals surface area contributed by atoms with E-state index in [1.807, 2.05) is 44.2 Å². The molecule has 0 aliphatic carbocycles. The Labute approximate surface area is 151 Å². The molecule has 0 unspecified atom stereocenters. The zero-order valence-corrected chi connectivity index (χ0v) is 14.9. The number of nitrogens with one attached hydrogen (secondary N) is 3. The van der Waals surface area contributed by atoms with Gasteiger partial charge in [-0.25, -0.2) is 0 Å². The highest BCUT2D eigenvalue weighted by atomic mass is 16.1. The first-order valence-electron chi connectivity index (χ1n) is 8.18. The number of hydrogen-bond donors (Lipinski definition) is 3. The molecule has 0 saturated heterocycles. The van der Waals surface area contributed by atoms with E-state index in [9.17, 15) is 4.79 Å². The van der Waals surface area contributed by atoms with E-state index in [-0.39, 0.29) is 5.91 Å². The molecule has 7 heteroatoms. The predicted octanol–water partition coefficient (Wildman–Crippen LogP) is 3.93. The molecule has 0 saturated carbocycles. The van der Waals surface area contributed by atoms with Gasteiger partial charge in [-0.1, -0.05) is 12.1 Å². The zero-order valence-electron chi connectivity index (χ0n) is 14.9. The average molecular weight is 348 g/mol. The van der Waals surface area contributed by atoms with Crippen LogP contribution in [0.4, 0.5) is 28.8 Å². The summed E-state index contributed by atoms with van der Waals surface area (Å²) in [4.78, 5) is 15.6. The maximum absolute atomic E-state index is 11.2. The van der Waals surface area contributed by atoms with Gasteiger partial charge in [-0.3, -0.25) is 4.79 Å². The van der Waals surface area contributed by atoms with Crippen LogP contribution in [0.3, 0.4) is 0 Å². The van der Waals surface area contributed by atoms with Crippen LogP contribution in [-0.2, 0) is 4.79 Å². The van der Waals surface area contributed by atoms with E-state index in [4.69, 9.17) is 0 Å². The number of aryl methyl sites for hydroxylation is 2. The third-order valence-corrected chi connectivity index (χ3v) is 3.49. The molecule has 3 rings (SSSR count). The van der Waals surface area contributed by atoms with Crippen molar-refractivity contribution in [3.05, 3.63) is 59.8 Å². The molecular weight excluding hydrogens is 328 g/mol. The van der Waals surface area contributed by atoms with Gasteiger partial charge in [-0.05, 0) is 55.3 Å². The lowest BCUT2D eigenvalue weighted by molar-refractivity contribution is -0.114. The Balaban J connectivity index is 1.76. The van der Waals surface area contributed by atoms with Crippen LogP contribution in [0.1, 0.15) is 18.1 Å². The first-order valence-corrected chi connectivity index (χ1v) is 8.18. The Hall–Kier alpha value is -3.48. The largest absolute Gasteiger partial charge is 0.339 e. The molecular formula is C19H20N6O. The molecule has 0 aliphatic rings. The van der Waals surface area contributed by atoms with Crippen molar-refractivity contribution in [2.24, 2.45) is 0 Å². The summed E-state index contributed by atoms with van der Waals surface area (Å²) in [5.74, 6) is 0.824. The van der Waals surface area contributed by atoms with Crippen molar-refractivity contribution in [2.75, 3.05) is 16.0 Å². The highest BCUT2D eigenvalue weighted by molar-refractivity contribution is 5.89. The standard InChI is InChI=1S/C19H20N6O/c1-12-7-13(2)9-17(8-12)22-18-11-20-25-19(24-18)23-16-6-4-5-15(10-16)21-14(3)26/h4-11H,1-3H3,(H,21,26)(H2,22,23,24,25). The fraction of sp³-hybridized carbons (Fsp3) is 0.158. The third kappa shape index (κ3) is 4.76. The number of amides is 1. The van der Waals surface area contributed by atoms with E-state index in [0.717, 1.165) is 11.4 Å². The molecule has 1 aromatic heterocycles. The fourth-order valence-electron chi connectivity index (χ4n) is 2.62. The number of rotatable bonds is 5. The molecule has 2 aromatic carbocycles. The smallest absolute Gasteiger partial charge is 0.249 e. The first-order chi connectivity index (χ1) is 12.5. The molecule has 0 aliphatic heterocycles. The second-order valence-corrected chi connectivity index (χ2v) is 6.05. The molecule has 0 bridgehead atoms. The molecule has 0 fully saturated rings. The second kappa shape index (κ2) is 7.60. The maximum Gasteiger partial charge on any atom is 0.249 e. The lowest BCUT2D eigenvalue weighted by Crippen LogP contribution is -2.06. The molecule has 7 nitrogen and oxygen atoms in total. The minimum absolute atomic E-state index is 0.125. The summed E-state index contributed by atoms with van der Waals surface area (Å²) >= 11 is 0. The van der Waals surface area contributed by atoms with Gasteiger partial charge >= 0.3 is 0 Å². The molecule has 3 aromatic rings. The minimum atomic E-state index is -0.125. The fourth-order valence-corrected chi connectivity index (χ4v) is 2.62. The lowest BCUT2D eigenvalue weighted by Gasteiger charge is -2.10. The molecule has 1 amide bonds. The van der Waals surface area contributed by atoms with Gasteiger partial charge in [-0.2, -0.15) is 10.1 Å². The van der Waals surface area contributed by atoms with Gasteiger partial charge in [-0.15, -0.1) is 5.10 Å². The Bertz CT molecular complexity index is 921. The van der Waals surface area contributed by atoms with Crippen LogP contribution in [0.25, 0.3) is 0 Å². The number of carbonyl (C=O) groups excluding carboxylic acids is 1. The van der Waals surface area contributed by atoms with E-state index in [1.54, 1.807) is 12.3 Å². The number of nitrogens with zero attached hydrogens (tertiary/aromatic N) is 3. The normalized spacial score (nSPS) is 10.3. The molecule has 132 valence electrons. The third-order valence-electron chi connectivity index (χ3n) is 3.49. The van der Waals surface area contributed by atoms with Crippen molar-refractivity contribution < 1.29 is 4.79 Å². The second-order valence-electron chi connectivity index (χ2n) is 6.05. The topological polar surface area (TPSA) is 91.8 Å². The van der Waals surface area contributed by atoms with E-state index in [1.165, 1.54) is 18.1 Å². The highest BCUT2D eigenvalue weighted by Crippen LogP contribution is 2.20. The number of benzene rings is 2. The summed E-state index contributed by atoms with van der Waals surface area (Å²) in [5.41, 5.74) is 4.73. The average Bonchev–Trinajstić information content (AvgIpc) is 2.54. The zero-order chi connectivity index (χ0) is 18.5. The van der Waals surface area contributed by atoms with Crippen LogP contribution >= 0.6 is 0 Å². The van der Waals surface area contributed by atoms with Crippen LogP contribution in [0.15, 0.2) is 48.7 Å². The maximum atomic E-state index is 11.2. The van der Waals surface area contributed by atoms with E-state index in [2.05, 4.69) is 37.2 Å². The number of hydrogen-bond acceptors (Lipinski definition) is 6. The van der Waals surface area contributed by atoms with Gasteiger partial charge in [0.05, 0.1) is 6.20 Å². The lowest BCUT2D eigenvalue weighted by atomic mass is 10.1. The molecule has 3 N–H and O–H groups in total. The molecule has 0 atom stereocenters. The van der Waals surface area contributed by atoms with Crippen molar-refractivity contribution in [3.63, 3.8) is 0 Å². The number of aromatic nitrogens is 3. The molecule has 0 radical (unpaired) electrons. The summed E-state index contributed by atoms with van der Waals surface area (Å²) in [6.45, 7) is 5.56. The van der Waals surface area contributed by atoms with Crippen LogP contribution in [0, 0.1) is 13.8 Å². The van der Waals surface area contributed by atoms with Crippen molar-refractivity contribution in [3.8, 4) is 0 Å². The Morgan fingerprint density at radius 2 is 1.65 bits per heavy atom. The van der Waals surface area contributed by atoms with Gasteiger partial charge in [0.2, 0.25) is 11.9 Å². The van der Waals surface area contributed by atoms with Gasteiger partial charge in [0.1, 0.15) is 0 Å². The van der Waals surface area contributed by atoms with Gasteiger partial charge < -0.3 is 16.0 Å². The molecule has 0 spiro atoms. The highest BCUT2D eigenvalue weighted by Gasteiger charge is 2.04. The molecule has 1 heterocycles. The monoisotopic (exact) mass is 348 g/mol. The molecule has 26 heavy (non-hydrogen) atoms. The van der Waals surface area contributed by atoms with Crippen molar-refractivity contribution in [2.45, 2.75) is 20.8 Å². The van der Waals surface area contributed by atoms with Crippen LogP contribution < -0.4 is 16.0 Å². The number of anilines is 5. The number of carbonyl (C=O) groups is 1. The minimum Gasteiger partial charge on any atom is -0.339 e. The Morgan fingerprint density at radius 1 is 0.923 bits per heavy atom. The van der Waals surface area contributed by atoms with Crippen LogP contribution in [-0.4, -0.2) is 21.1 Å². The van der Waals surface area contributed by atoms with Crippen molar-refractivity contribution in [1.29, 1.82) is 0 Å². The summed E-state index contributed by atoms with van der Waals surface area (Å²) in [7, 11) is 0. The van der Waals surface area contributed by atoms with Crippen molar-refractivity contribution in [1.82, 2.24) is 15.2 Å². The van der Waals surface area contributed by atoms with Crippen molar-refractivity contribution >= 4 is 34.7 Å². The summed E-state index contributed by atoms with van der Waals surface area (Å²) in [5, 5.41) is 17.1. The predicted molar refractivity (Wildman–Crippen MR) is 103 cm³/mol. The summed E-state index contributed by atoms with van der Waals surface area (Å²) in [6, 6.07) is 13.5. The SMILES string of the molecule is CC(=O)Nc1cccc(Nc2nncc(Nc3cc(C)cc(C)c3)n2)c1. The van der Waals surface area contributed by atoms with E-state index < -0.39 is 0 Å². The van der Waals surface area contributed by atoms with Crippen LogP contribution in [0.5, 0.6) is 0 Å². The quantitative estimate of drug-likeness (QED) is 0.647. The van der Waals surface area contributed by atoms with Gasteiger partial charge in [0.25, 0.3) is 0 Å². The van der Waals surface area contributed by atoms with Crippen LogP contribution in [0.2, 0.25) is 0 Å². The first kappa shape index (κ1) is 17.3.